The van der Waals surface area contributed by atoms with Crippen LogP contribution in [-0.4, -0.2) is 55.0 Å². The number of rotatable bonds is 15. The summed E-state index contributed by atoms with van der Waals surface area (Å²) in [5.74, 6) is -0.0827. The maximum atomic E-state index is 12.8. The van der Waals surface area contributed by atoms with Crippen LogP contribution in [0.25, 0.3) is 0 Å². The van der Waals surface area contributed by atoms with Gasteiger partial charge in [0, 0.05) is 13.1 Å². The molecule has 0 spiro atoms. The number of nitrogens with one attached hydrogen (secondary N) is 1. The Labute approximate surface area is 204 Å². The van der Waals surface area contributed by atoms with E-state index in [0.29, 0.717) is 31.4 Å². The quantitative estimate of drug-likeness (QED) is 0.297. The second-order valence-electron chi connectivity index (χ2n) is 9.31. The summed E-state index contributed by atoms with van der Waals surface area (Å²) in [6, 6.07) is 6.77. The minimum atomic E-state index is -0.862. The van der Waals surface area contributed by atoms with E-state index in [1.165, 1.54) is 42.6 Å². The molecule has 2 amide bonds. The van der Waals surface area contributed by atoms with E-state index in [1.807, 2.05) is 24.3 Å². The van der Waals surface area contributed by atoms with Crippen LogP contribution in [0.4, 0.5) is 0 Å². The predicted molar refractivity (Wildman–Crippen MR) is 133 cm³/mol. The lowest BCUT2D eigenvalue weighted by Gasteiger charge is -2.34. The van der Waals surface area contributed by atoms with Crippen molar-refractivity contribution in [2.75, 3.05) is 26.3 Å². The summed E-state index contributed by atoms with van der Waals surface area (Å²) in [7, 11) is 0. The van der Waals surface area contributed by atoms with Crippen molar-refractivity contribution in [3.63, 3.8) is 0 Å². The number of carbonyl (C=O) groups is 3. The molecule has 2 rings (SSSR count). The van der Waals surface area contributed by atoms with Crippen LogP contribution in [0.3, 0.4) is 0 Å². The highest BCUT2D eigenvalue weighted by atomic mass is 16.5. The molecular formula is C27H42N2O5. The van der Waals surface area contributed by atoms with Gasteiger partial charge in [0.15, 0.2) is 6.61 Å². The predicted octanol–water partition coefficient (Wildman–Crippen LogP) is 4.59. The number of hydrogen-bond acceptors (Lipinski definition) is 5. The van der Waals surface area contributed by atoms with Crippen LogP contribution in [0.5, 0.6) is 5.75 Å². The smallest absolute Gasteiger partial charge is 0.308 e. The van der Waals surface area contributed by atoms with Gasteiger partial charge in [0.2, 0.25) is 5.91 Å². The van der Waals surface area contributed by atoms with Crippen molar-refractivity contribution in [3.05, 3.63) is 29.8 Å². The van der Waals surface area contributed by atoms with Crippen molar-refractivity contribution in [1.82, 2.24) is 10.2 Å². The number of benzene rings is 1. The molecule has 34 heavy (non-hydrogen) atoms. The molecule has 7 nitrogen and oxygen atoms in total. The number of carbonyl (C=O) groups excluding carboxylic acids is 3. The molecule has 1 aliphatic heterocycles. The Morgan fingerprint density at radius 1 is 1.03 bits per heavy atom. The fraction of sp³-hybridized carbons (Fsp3) is 0.667. The first-order chi connectivity index (χ1) is 16.4. The Balaban J connectivity index is 1.74. The average molecular weight is 475 g/mol. The van der Waals surface area contributed by atoms with E-state index in [1.54, 1.807) is 0 Å². The number of ether oxygens (including phenoxy) is 2. The standard InChI is InChI=1S/C27H42N2O5/c1-4-5-6-7-8-9-10-11-18-33-26(31)19-24-27(32)28-16-17-29(24)25(30)20-34-23-14-12-22(13-15-23)21(2)3/h12-15,21,24H,4-11,16-20H2,1-3H3,(H,28,32). The van der Waals surface area contributed by atoms with E-state index in [2.05, 4.69) is 26.1 Å². The molecule has 1 atom stereocenters. The number of amides is 2. The second kappa shape index (κ2) is 15.4. The lowest BCUT2D eigenvalue weighted by molar-refractivity contribution is -0.152. The zero-order valence-corrected chi connectivity index (χ0v) is 21.1. The number of piperazine rings is 1. The van der Waals surface area contributed by atoms with Gasteiger partial charge in [-0.25, -0.2) is 0 Å². The molecule has 1 N–H and O–H groups in total. The third-order valence-electron chi connectivity index (χ3n) is 6.18. The largest absolute Gasteiger partial charge is 0.484 e. The van der Waals surface area contributed by atoms with E-state index in [9.17, 15) is 14.4 Å². The van der Waals surface area contributed by atoms with E-state index < -0.39 is 12.0 Å². The van der Waals surface area contributed by atoms with E-state index in [0.717, 1.165) is 19.3 Å². The van der Waals surface area contributed by atoms with Crippen molar-refractivity contribution in [3.8, 4) is 5.75 Å². The summed E-state index contributed by atoms with van der Waals surface area (Å²) < 4.78 is 11.0. The normalized spacial score (nSPS) is 15.8. The van der Waals surface area contributed by atoms with Gasteiger partial charge < -0.3 is 19.7 Å². The SMILES string of the molecule is CCCCCCCCCCOC(=O)CC1C(=O)NCCN1C(=O)COc1ccc(C(C)C)cc1. The molecule has 1 aliphatic rings. The number of unbranched alkanes of at least 4 members (excludes halogenated alkanes) is 7. The molecule has 190 valence electrons. The maximum absolute atomic E-state index is 12.8. The zero-order chi connectivity index (χ0) is 24.8. The Morgan fingerprint density at radius 3 is 2.32 bits per heavy atom. The zero-order valence-electron chi connectivity index (χ0n) is 21.1. The highest BCUT2D eigenvalue weighted by molar-refractivity contribution is 5.92. The van der Waals surface area contributed by atoms with Crippen LogP contribution >= 0.6 is 0 Å². The van der Waals surface area contributed by atoms with Crippen molar-refractivity contribution in [2.45, 2.75) is 90.5 Å². The first-order valence-corrected chi connectivity index (χ1v) is 12.9. The van der Waals surface area contributed by atoms with E-state index >= 15 is 0 Å². The van der Waals surface area contributed by atoms with Gasteiger partial charge in [-0.15, -0.1) is 0 Å². The summed E-state index contributed by atoms with van der Waals surface area (Å²) in [6.45, 7) is 7.31. The topological polar surface area (TPSA) is 84.9 Å². The first kappa shape index (κ1) is 27.7. The molecule has 0 saturated carbocycles. The highest BCUT2D eigenvalue weighted by Crippen LogP contribution is 2.19. The fourth-order valence-corrected chi connectivity index (χ4v) is 4.03. The van der Waals surface area contributed by atoms with Gasteiger partial charge in [-0.3, -0.25) is 14.4 Å². The molecule has 1 unspecified atom stereocenters. The molecule has 1 heterocycles. The van der Waals surface area contributed by atoms with Crippen LogP contribution in [0.15, 0.2) is 24.3 Å². The number of nitrogens with zero attached hydrogens (tertiary/aromatic N) is 1. The average Bonchev–Trinajstić information content (AvgIpc) is 2.83. The maximum Gasteiger partial charge on any atom is 0.308 e. The van der Waals surface area contributed by atoms with E-state index in [-0.39, 0.29) is 24.8 Å². The van der Waals surface area contributed by atoms with Crippen LogP contribution < -0.4 is 10.1 Å². The molecule has 0 aliphatic carbocycles. The van der Waals surface area contributed by atoms with E-state index in [4.69, 9.17) is 9.47 Å². The van der Waals surface area contributed by atoms with Crippen LogP contribution in [0.2, 0.25) is 0 Å². The van der Waals surface area contributed by atoms with Crippen LogP contribution in [-0.2, 0) is 19.1 Å². The molecule has 1 fully saturated rings. The first-order valence-electron chi connectivity index (χ1n) is 12.9. The number of esters is 1. The van der Waals surface area contributed by atoms with Gasteiger partial charge in [-0.05, 0) is 30.0 Å². The Kier molecular flexibility index (Phi) is 12.5. The molecule has 0 bridgehead atoms. The molecule has 1 aromatic rings. The minimum absolute atomic E-state index is 0.141. The summed E-state index contributed by atoms with van der Waals surface area (Å²) in [4.78, 5) is 38.9. The van der Waals surface area contributed by atoms with Crippen molar-refractivity contribution < 1.29 is 23.9 Å². The third kappa shape index (κ3) is 9.74. The van der Waals surface area contributed by atoms with Crippen molar-refractivity contribution >= 4 is 17.8 Å². The highest BCUT2D eigenvalue weighted by Gasteiger charge is 2.35. The molecule has 1 aromatic carbocycles. The molecule has 7 heteroatoms. The Bertz CT molecular complexity index is 763. The second-order valence-corrected chi connectivity index (χ2v) is 9.31. The third-order valence-corrected chi connectivity index (χ3v) is 6.18. The summed E-state index contributed by atoms with van der Waals surface area (Å²) in [5.41, 5.74) is 1.19. The lowest BCUT2D eigenvalue weighted by atomic mass is 10.0. The monoisotopic (exact) mass is 474 g/mol. The number of hydrogen-bond donors (Lipinski definition) is 1. The van der Waals surface area contributed by atoms with Gasteiger partial charge >= 0.3 is 5.97 Å². The fourth-order valence-electron chi connectivity index (χ4n) is 4.03. The Hall–Kier alpha value is -2.57. The van der Waals surface area contributed by atoms with Gasteiger partial charge in [-0.2, -0.15) is 0 Å². The summed E-state index contributed by atoms with van der Waals surface area (Å²) in [6.07, 6.45) is 9.18. The molecule has 1 saturated heterocycles. The van der Waals surface area contributed by atoms with Gasteiger partial charge in [0.05, 0.1) is 13.0 Å². The van der Waals surface area contributed by atoms with Gasteiger partial charge in [-0.1, -0.05) is 77.8 Å². The van der Waals surface area contributed by atoms with Crippen LogP contribution in [0.1, 0.15) is 90.0 Å². The summed E-state index contributed by atoms with van der Waals surface area (Å²) in [5, 5.41) is 2.74. The minimum Gasteiger partial charge on any atom is -0.484 e. The Morgan fingerprint density at radius 2 is 1.68 bits per heavy atom. The molecule has 0 aromatic heterocycles. The summed E-state index contributed by atoms with van der Waals surface area (Å²) >= 11 is 0. The van der Waals surface area contributed by atoms with Gasteiger partial charge in [0.25, 0.3) is 5.91 Å². The van der Waals surface area contributed by atoms with Crippen LogP contribution in [0, 0.1) is 0 Å². The molecule has 0 radical (unpaired) electrons. The molecular weight excluding hydrogens is 432 g/mol. The van der Waals surface area contributed by atoms with Crippen molar-refractivity contribution in [2.24, 2.45) is 0 Å². The van der Waals surface area contributed by atoms with Crippen molar-refractivity contribution in [1.29, 1.82) is 0 Å². The lowest BCUT2D eigenvalue weighted by Crippen LogP contribution is -2.58. The van der Waals surface area contributed by atoms with Gasteiger partial charge in [0.1, 0.15) is 11.8 Å².